The molecule has 0 spiro atoms. The molecule has 0 aromatic carbocycles. The van der Waals surface area contributed by atoms with E-state index >= 15 is 0 Å². The summed E-state index contributed by atoms with van der Waals surface area (Å²) in [6.45, 7) is 5.73. The summed E-state index contributed by atoms with van der Waals surface area (Å²) in [6, 6.07) is 1.57. The first kappa shape index (κ1) is 15.5. The number of nitrogens with one attached hydrogen (secondary N) is 2. The lowest BCUT2D eigenvalue weighted by Crippen LogP contribution is -2.39. The van der Waals surface area contributed by atoms with Crippen molar-refractivity contribution in [3.8, 4) is 0 Å². The molecule has 1 saturated heterocycles. The molecule has 1 aromatic heterocycles. The second kappa shape index (κ2) is 7.24. The average Bonchev–Trinajstić information content (AvgIpc) is 3.00. The van der Waals surface area contributed by atoms with Crippen LogP contribution in [-0.2, 0) is 11.2 Å². The van der Waals surface area contributed by atoms with E-state index in [9.17, 15) is 4.79 Å². The maximum atomic E-state index is 12.3. The van der Waals surface area contributed by atoms with Gasteiger partial charge in [-0.15, -0.1) is 0 Å². The number of carbonyl (C=O) groups excluding carboxylic acids is 1. The van der Waals surface area contributed by atoms with Crippen LogP contribution in [0.4, 0.5) is 11.6 Å². The third-order valence-electron chi connectivity index (χ3n) is 3.65. The Morgan fingerprint density at radius 1 is 1.33 bits per heavy atom. The average molecular weight is 291 g/mol. The fraction of sp³-hybridized carbons (Fsp3) is 0.667. The minimum absolute atomic E-state index is 0.147. The van der Waals surface area contributed by atoms with Crippen LogP contribution in [0.3, 0.4) is 0 Å². The molecule has 21 heavy (non-hydrogen) atoms. The van der Waals surface area contributed by atoms with E-state index in [1.54, 1.807) is 0 Å². The summed E-state index contributed by atoms with van der Waals surface area (Å²) in [5, 5.41) is 6.25. The van der Waals surface area contributed by atoms with Gasteiger partial charge in [-0.2, -0.15) is 0 Å². The molecule has 0 saturated carbocycles. The monoisotopic (exact) mass is 291 g/mol. The zero-order valence-electron chi connectivity index (χ0n) is 13.1. The Morgan fingerprint density at radius 2 is 2.00 bits per heavy atom. The smallest absolute Gasteiger partial charge is 0.244 e. The first-order chi connectivity index (χ1) is 10.1. The van der Waals surface area contributed by atoms with Crippen LogP contribution >= 0.6 is 0 Å². The fourth-order valence-corrected chi connectivity index (χ4v) is 2.53. The standard InChI is InChI=1S/C15H25N5O/c1-4-7-12-18-13(16-3)10-14(19-12)17-11(2)15(21)20-8-5-6-9-20/h10-11H,4-9H2,1-3H3,(H2,16,17,18,19). The molecule has 116 valence electrons. The van der Waals surface area contributed by atoms with Gasteiger partial charge in [0.1, 0.15) is 23.5 Å². The number of carbonyl (C=O) groups is 1. The summed E-state index contributed by atoms with van der Waals surface area (Å²) in [6.07, 6.45) is 4.04. The Morgan fingerprint density at radius 3 is 2.62 bits per heavy atom. The molecule has 1 aliphatic heterocycles. The van der Waals surface area contributed by atoms with E-state index < -0.39 is 0 Å². The van der Waals surface area contributed by atoms with E-state index in [1.807, 2.05) is 24.9 Å². The summed E-state index contributed by atoms with van der Waals surface area (Å²) in [5.41, 5.74) is 0. The maximum absolute atomic E-state index is 12.3. The Hall–Kier alpha value is -1.85. The molecule has 6 nitrogen and oxygen atoms in total. The molecule has 1 aliphatic rings. The van der Waals surface area contributed by atoms with Crippen molar-refractivity contribution in [3.63, 3.8) is 0 Å². The second-order valence-electron chi connectivity index (χ2n) is 5.45. The second-order valence-corrected chi connectivity index (χ2v) is 5.45. The molecule has 2 N–H and O–H groups in total. The molecule has 1 amide bonds. The van der Waals surface area contributed by atoms with Gasteiger partial charge in [-0.1, -0.05) is 6.92 Å². The summed E-state index contributed by atoms with van der Waals surface area (Å²) in [7, 11) is 1.83. The Balaban J connectivity index is 2.06. The van der Waals surface area contributed by atoms with E-state index in [2.05, 4.69) is 27.5 Å². The first-order valence-electron chi connectivity index (χ1n) is 7.75. The lowest BCUT2D eigenvalue weighted by molar-refractivity contribution is -0.130. The van der Waals surface area contributed by atoms with Crippen molar-refractivity contribution in [2.45, 2.75) is 45.6 Å². The van der Waals surface area contributed by atoms with Crippen LogP contribution < -0.4 is 10.6 Å². The summed E-state index contributed by atoms with van der Waals surface area (Å²) >= 11 is 0. The van der Waals surface area contributed by atoms with Crippen LogP contribution in [0.15, 0.2) is 6.07 Å². The number of nitrogens with zero attached hydrogens (tertiary/aromatic N) is 3. The Labute approximate surface area is 126 Å². The molecular formula is C15H25N5O. The zero-order chi connectivity index (χ0) is 15.2. The number of aromatic nitrogens is 2. The zero-order valence-corrected chi connectivity index (χ0v) is 13.1. The van der Waals surface area contributed by atoms with Crippen LogP contribution in [0.1, 0.15) is 38.9 Å². The lowest BCUT2D eigenvalue weighted by Gasteiger charge is -2.21. The van der Waals surface area contributed by atoms with Crippen LogP contribution in [0, 0.1) is 0 Å². The third-order valence-corrected chi connectivity index (χ3v) is 3.65. The highest BCUT2D eigenvalue weighted by atomic mass is 16.2. The predicted molar refractivity (Wildman–Crippen MR) is 84.5 cm³/mol. The Bertz CT molecular complexity index is 485. The van der Waals surface area contributed by atoms with E-state index in [0.717, 1.165) is 50.4 Å². The minimum Gasteiger partial charge on any atom is -0.373 e. The van der Waals surface area contributed by atoms with Crippen molar-refractivity contribution in [1.29, 1.82) is 0 Å². The van der Waals surface area contributed by atoms with Gasteiger partial charge in [0.25, 0.3) is 0 Å². The molecule has 6 heteroatoms. The van der Waals surface area contributed by atoms with Gasteiger partial charge in [0.2, 0.25) is 5.91 Å². The van der Waals surface area contributed by atoms with Gasteiger partial charge in [-0.05, 0) is 26.2 Å². The summed E-state index contributed by atoms with van der Waals surface area (Å²) in [4.78, 5) is 23.1. The summed E-state index contributed by atoms with van der Waals surface area (Å²) in [5.74, 6) is 2.43. The van der Waals surface area contributed by atoms with Crippen molar-refractivity contribution < 1.29 is 4.79 Å². The topological polar surface area (TPSA) is 70.2 Å². The molecule has 0 bridgehead atoms. The molecule has 0 radical (unpaired) electrons. The lowest BCUT2D eigenvalue weighted by atomic mass is 10.2. The number of amides is 1. The van der Waals surface area contributed by atoms with Gasteiger partial charge < -0.3 is 15.5 Å². The van der Waals surface area contributed by atoms with Crippen molar-refractivity contribution in [1.82, 2.24) is 14.9 Å². The van der Waals surface area contributed by atoms with Crippen LogP contribution in [-0.4, -0.2) is 47.0 Å². The number of rotatable bonds is 6. The van der Waals surface area contributed by atoms with E-state index in [4.69, 9.17) is 0 Å². The summed E-state index contributed by atoms with van der Waals surface area (Å²) < 4.78 is 0. The molecule has 1 atom stereocenters. The normalized spacial score (nSPS) is 15.9. The van der Waals surface area contributed by atoms with Crippen molar-refractivity contribution >= 4 is 17.5 Å². The highest BCUT2D eigenvalue weighted by Gasteiger charge is 2.23. The number of hydrogen-bond donors (Lipinski definition) is 2. The maximum Gasteiger partial charge on any atom is 0.244 e. The molecule has 1 fully saturated rings. The minimum atomic E-state index is -0.266. The number of likely N-dealkylation sites (tertiary alicyclic amines) is 1. The quantitative estimate of drug-likeness (QED) is 0.837. The number of hydrogen-bond acceptors (Lipinski definition) is 5. The van der Waals surface area contributed by atoms with E-state index in [-0.39, 0.29) is 11.9 Å². The molecular weight excluding hydrogens is 266 g/mol. The largest absolute Gasteiger partial charge is 0.373 e. The van der Waals surface area contributed by atoms with Crippen molar-refractivity contribution in [2.24, 2.45) is 0 Å². The SMILES string of the molecule is CCCc1nc(NC)cc(NC(C)C(=O)N2CCCC2)n1. The van der Waals surface area contributed by atoms with Crippen molar-refractivity contribution in [2.75, 3.05) is 30.8 Å². The van der Waals surface area contributed by atoms with Crippen molar-refractivity contribution in [3.05, 3.63) is 11.9 Å². The highest BCUT2D eigenvalue weighted by molar-refractivity contribution is 5.84. The van der Waals surface area contributed by atoms with Crippen LogP contribution in [0.25, 0.3) is 0 Å². The molecule has 1 aromatic rings. The van der Waals surface area contributed by atoms with Gasteiger partial charge in [0.15, 0.2) is 0 Å². The van der Waals surface area contributed by atoms with Crippen LogP contribution in [0.5, 0.6) is 0 Å². The van der Waals surface area contributed by atoms with Crippen LogP contribution in [0.2, 0.25) is 0 Å². The number of aryl methyl sites for hydroxylation is 1. The van der Waals surface area contributed by atoms with Gasteiger partial charge in [0.05, 0.1) is 0 Å². The fourth-order valence-electron chi connectivity index (χ4n) is 2.53. The third kappa shape index (κ3) is 4.06. The highest BCUT2D eigenvalue weighted by Crippen LogP contribution is 2.15. The predicted octanol–water partition coefficient (Wildman–Crippen LogP) is 1.89. The first-order valence-corrected chi connectivity index (χ1v) is 7.75. The van der Waals surface area contributed by atoms with E-state index in [1.165, 1.54) is 0 Å². The molecule has 0 aliphatic carbocycles. The van der Waals surface area contributed by atoms with Gasteiger partial charge in [-0.3, -0.25) is 4.79 Å². The van der Waals surface area contributed by atoms with Gasteiger partial charge >= 0.3 is 0 Å². The number of anilines is 2. The molecule has 2 rings (SSSR count). The van der Waals surface area contributed by atoms with E-state index in [0.29, 0.717) is 5.82 Å². The molecule has 1 unspecified atom stereocenters. The Kier molecular flexibility index (Phi) is 5.36. The molecule has 2 heterocycles. The van der Waals surface area contributed by atoms with Gasteiger partial charge in [-0.25, -0.2) is 9.97 Å². The van der Waals surface area contributed by atoms with Gasteiger partial charge in [0, 0.05) is 32.6 Å².